The van der Waals surface area contributed by atoms with Crippen LogP contribution >= 0.6 is 24.0 Å². The van der Waals surface area contributed by atoms with E-state index in [2.05, 4.69) is 18.7 Å². The molecule has 3 rings (SSSR count). The molecule has 1 aliphatic heterocycles. The summed E-state index contributed by atoms with van der Waals surface area (Å²) < 4.78 is 2.08. The van der Waals surface area contributed by atoms with E-state index < -0.39 is 0 Å². The molecule has 0 bridgehead atoms. The number of carbonyl (C=O) groups excluding carboxylic acids is 1. The summed E-state index contributed by atoms with van der Waals surface area (Å²) in [6, 6.07) is 3.78. The van der Waals surface area contributed by atoms with Crippen molar-refractivity contribution in [3.8, 4) is 0 Å². The molecule has 1 saturated heterocycles. The van der Waals surface area contributed by atoms with Gasteiger partial charge in [-0.05, 0) is 44.4 Å². The Hall–Kier alpha value is -2.19. The maximum Gasteiger partial charge on any atom is 0.267 e. The molecule has 154 valence electrons. The molecule has 0 unspecified atom stereocenters. The standard InChI is InChI=1S/C21H26N4O2S2/c1-5-10-23(11-6-2)18-15(13-16-20(27)24(7-3)21(28)29-16)19(26)25-12-8-9-14(4)17(25)22-18/h8-9,12-13H,5-7,10-11H2,1-4H3/b16-13-. The minimum Gasteiger partial charge on any atom is -0.356 e. The second-order valence-electron chi connectivity index (χ2n) is 6.95. The van der Waals surface area contributed by atoms with Gasteiger partial charge in [0.05, 0.1) is 10.5 Å². The van der Waals surface area contributed by atoms with Gasteiger partial charge in [0.2, 0.25) is 0 Å². The Morgan fingerprint density at radius 2 is 1.90 bits per heavy atom. The highest BCUT2D eigenvalue weighted by atomic mass is 32.2. The minimum absolute atomic E-state index is 0.153. The summed E-state index contributed by atoms with van der Waals surface area (Å²) in [4.78, 5) is 35.2. The van der Waals surface area contributed by atoms with E-state index in [9.17, 15) is 9.59 Å². The number of thioether (sulfide) groups is 1. The predicted octanol–water partition coefficient (Wildman–Crippen LogP) is 3.85. The number of aryl methyl sites for hydroxylation is 1. The van der Waals surface area contributed by atoms with Gasteiger partial charge in [-0.3, -0.25) is 18.9 Å². The Morgan fingerprint density at radius 3 is 2.48 bits per heavy atom. The van der Waals surface area contributed by atoms with Gasteiger partial charge in [-0.1, -0.05) is 43.9 Å². The largest absolute Gasteiger partial charge is 0.356 e. The Balaban J connectivity index is 2.26. The van der Waals surface area contributed by atoms with Gasteiger partial charge >= 0.3 is 0 Å². The van der Waals surface area contributed by atoms with Crippen molar-refractivity contribution in [1.29, 1.82) is 0 Å². The van der Waals surface area contributed by atoms with Crippen LogP contribution in [0.1, 0.15) is 44.7 Å². The minimum atomic E-state index is -0.173. The Morgan fingerprint density at radius 1 is 1.21 bits per heavy atom. The Labute approximate surface area is 180 Å². The van der Waals surface area contributed by atoms with E-state index in [-0.39, 0.29) is 11.5 Å². The lowest BCUT2D eigenvalue weighted by Crippen LogP contribution is -2.31. The molecular weight excluding hydrogens is 404 g/mol. The van der Waals surface area contributed by atoms with E-state index in [0.717, 1.165) is 31.5 Å². The molecule has 0 atom stereocenters. The summed E-state index contributed by atoms with van der Waals surface area (Å²) in [5.41, 5.74) is 1.84. The van der Waals surface area contributed by atoms with Gasteiger partial charge in [-0.25, -0.2) is 4.98 Å². The van der Waals surface area contributed by atoms with Crippen molar-refractivity contribution in [2.24, 2.45) is 0 Å². The molecule has 1 amide bonds. The molecule has 1 fully saturated rings. The molecule has 2 aromatic rings. The second-order valence-corrected chi connectivity index (χ2v) is 8.63. The maximum absolute atomic E-state index is 13.4. The maximum atomic E-state index is 13.4. The molecule has 2 aromatic heterocycles. The zero-order valence-electron chi connectivity index (χ0n) is 17.3. The molecule has 8 heteroatoms. The first-order chi connectivity index (χ1) is 13.9. The third-order valence-electron chi connectivity index (χ3n) is 4.82. The van der Waals surface area contributed by atoms with Gasteiger partial charge < -0.3 is 4.90 Å². The summed E-state index contributed by atoms with van der Waals surface area (Å²) in [7, 11) is 0. The Bertz CT molecular complexity index is 1040. The van der Waals surface area contributed by atoms with Gasteiger partial charge in [0.15, 0.2) is 0 Å². The van der Waals surface area contributed by atoms with Crippen LogP contribution in [0.15, 0.2) is 28.0 Å². The van der Waals surface area contributed by atoms with Crippen LogP contribution in [0.2, 0.25) is 0 Å². The lowest BCUT2D eigenvalue weighted by Gasteiger charge is -2.25. The van der Waals surface area contributed by atoms with Gasteiger partial charge in [0.25, 0.3) is 11.5 Å². The smallest absolute Gasteiger partial charge is 0.267 e. The fourth-order valence-corrected chi connectivity index (χ4v) is 4.80. The second kappa shape index (κ2) is 9.09. The van der Waals surface area contributed by atoms with Gasteiger partial charge in [-0.2, -0.15) is 0 Å². The summed E-state index contributed by atoms with van der Waals surface area (Å²) in [6.45, 7) is 10.1. The zero-order chi connectivity index (χ0) is 21.1. The molecule has 29 heavy (non-hydrogen) atoms. The topological polar surface area (TPSA) is 57.9 Å². The normalized spacial score (nSPS) is 15.7. The quantitative estimate of drug-likeness (QED) is 0.491. The lowest BCUT2D eigenvalue weighted by molar-refractivity contribution is -0.121. The third-order valence-corrected chi connectivity index (χ3v) is 6.19. The number of carbonyl (C=O) groups is 1. The van der Waals surface area contributed by atoms with Crippen molar-refractivity contribution in [3.05, 3.63) is 44.7 Å². The van der Waals surface area contributed by atoms with Crippen LogP contribution in [0, 0.1) is 6.92 Å². The number of fused-ring (bicyclic) bond motifs is 1. The highest BCUT2D eigenvalue weighted by Crippen LogP contribution is 2.33. The summed E-state index contributed by atoms with van der Waals surface area (Å²) in [5, 5.41) is 0. The molecule has 0 aliphatic carbocycles. The highest BCUT2D eigenvalue weighted by Gasteiger charge is 2.31. The van der Waals surface area contributed by atoms with Crippen molar-refractivity contribution in [1.82, 2.24) is 14.3 Å². The van der Waals surface area contributed by atoms with Crippen molar-refractivity contribution in [3.63, 3.8) is 0 Å². The third kappa shape index (κ3) is 4.09. The molecule has 0 saturated carbocycles. The highest BCUT2D eigenvalue weighted by molar-refractivity contribution is 8.26. The number of aromatic nitrogens is 2. The number of anilines is 1. The first-order valence-corrected chi connectivity index (χ1v) is 11.2. The average molecular weight is 431 g/mol. The number of rotatable bonds is 7. The first-order valence-electron chi connectivity index (χ1n) is 9.95. The van der Waals surface area contributed by atoms with Crippen molar-refractivity contribution < 1.29 is 4.79 Å². The number of thiocarbonyl (C=S) groups is 1. The Kier molecular flexibility index (Phi) is 6.74. The van der Waals surface area contributed by atoms with E-state index in [1.165, 1.54) is 11.8 Å². The van der Waals surface area contributed by atoms with Crippen LogP contribution < -0.4 is 10.5 Å². The molecular formula is C21H26N4O2S2. The number of nitrogens with zero attached hydrogens (tertiary/aromatic N) is 4. The summed E-state index contributed by atoms with van der Waals surface area (Å²) in [6.07, 6.45) is 5.27. The summed E-state index contributed by atoms with van der Waals surface area (Å²) >= 11 is 6.56. The van der Waals surface area contributed by atoms with Crippen LogP contribution in [-0.2, 0) is 4.79 Å². The van der Waals surface area contributed by atoms with Crippen molar-refractivity contribution >= 4 is 51.7 Å². The molecule has 1 aliphatic rings. The monoisotopic (exact) mass is 430 g/mol. The SMILES string of the molecule is CCCN(CCC)c1nc2c(C)cccn2c(=O)c1/C=C1\SC(=S)N(CC)C1=O. The van der Waals surface area contributed by atoms with E-state index >= 15 is 0 Å². The number of hydrogen-bond acceptors (Lipinski definition) is 6. The van der Waals surface area contributed by atoms with Gasteiger partial charge in [-0.15, -0.1) is 0 Å². The molecule has 0 aromatic carbocycles. The van der Waals surface area contributed by atoms with E-state index in [1.807, 2.05) is 26.0 Å². The van der Waals surface area contributed by atoms with Crippen LogP contribution in [0.4, 0.5) is 5.82 Å². The van der Waals surface area contributed by atoms with Crippen LogP contribution in [0.5, 0.6) is 0 Å². The molecule has 0 radical (unpaired) electrons. The number of amides is 1. The van der Waals surface area contributed by atoms with E-state index in [4.69, 9.17) is 17.2 Å². The molecule has 0 spiro atoms. The van der Waals surface area contributed by atoms with Gasteiger partial charge in [0.1, 0.15) is 15.8 Å². The predicted molar refractivity (Wildman–Crippen MR) is 125 cm³/mol. The van der Waals surface area contributed by atoms with E-state index in [1.54, 1.807) is 21.6 Å². The van der Waals surface area contributed by atoms with Gasteiger partial charge in [0, 0.05) is 25.8 Å². The zero-order valence-corrected chi connectivity index (χ0v) is 18.9. The fourth-order valence-electron chi connectivity index (χ4n) is 3.43. The fraction of sp³-hybridized carbons (Fsp3) is 0.429. The number of hydrogen-bond donors (Lipinski definition) is 0. The van der Waals surface area contributed by atoms with Crippen molar-refractivity contribution in [2.45, 2.75) is 40.5 Å². The lowest BCUT2D eigenvalue weighted by atomic mass is 10.2. The molecule has 3 heterocycles. The number of pyridine rings is 1. The van der Waals surface area contributed by atoms with Crippen LogP contribution in [0.3, 0.4) is 0 Å². The molecule has 0 N–H and O–H groups in total. The van der Waals surface area contributed by atoms with E-state index in [0.29, 0.717) is 32.8 Å². The number of likely N-dealkylation sites (N-methyl/N-ethyl adjacent to an activating group) is 1. The van der Waals surface area contributed by atoms with Crippen molar-refractivity contribution in [2.75, 3.05) is 24.5 Å². The summed E-state index contributed by atoms with van der Waals surface area (Å²) in [5.74, 6) is 0.481. The molecule has 6 nitrogen and oxygen atoms in total. The van der Waals surface area contributed by atoms with Crippen LogP contribution in [0.25, 0.3) is 11.7 Å². The average Bonchev–Trinajstić information content (AvgIpc) is 2.97. The van der Waals surface area contributed by atoms with Crippen LogP contribution in [-0.4, -0.2) is 44.1 Å². The first kappa shape index (κ1) is 21.5.